The number of nitrogens with one attached hydrogen (secondary N) is 1. The second kappa shape index (κ2) is 8.24. The van der Waals surface area contributed by atoms with E-state index in [9.17, 15) is 4.79 Å². The van der Waals surface area contributed by atoms with Crippen LogP contribution in [-0.4, -0.2) is 27.5 Å². The van der Waals surface area contributed by atoms with Crippen LogP contribution in [-0.2, 0) is 21.7 Å². The lowest BCUT2D eigenvalue weighted by Gasteiger charge is -2.32. The van der Waals surface area contributed by atoms with Gasteiger partial charge in [0.15, 0.2) is 0 Å². The molecule has 1 unspecified atom stereocenters. The lowest BCUT2D eigenvalue weighted by molar-refractivity contribution is -0.158. The number of hydrogen-bond acceptors (Lipinski definition) is 4. The molecular formula is C23H22N4O2. The Morgan fingerprint density at radius 2 is 1.62 bits per heavy atom. The van der Waals surface area contributed by atoms with Gasteiger partial charge < -0.3 is 10.1 Å². The number of carbonyl (C=O) groups excluding carboxylic acids is 1. The van der Waals surface area contributed by atoms with Crippen LogP contribution in [0.15, 0.2) is 84.9 Å². The van der Waals surface area contributed by atoms with Gasteiger partial charge in [-0.3, -0.25) is 4.79 Å². The second-order valence-corrected chi connectivity index (χ2v) is 6.69. The Kier molecular flexibility index (Phi) is 5.35. The largest absolute Gasteiger partial charge is 0.346 e. The molecule has 1 atom stereocenters. The van der Waals surface area contributed by atoms with Crippen LogP contribution in [0.5, 0.6) is 0 Å². The van der Waals surface area contributed by atoms with E-state index >= 15 is 0 Å². The molecule has 0 saturated carbocycles. The molecule has 1 aromatic heterocycles. The molecule has 0 aliphatic carbocycles. The predicted octanol–water partition coefficient (Wildman–Crippen LogP) is 4.00. The number of anilines is 1. The Morgan fingerprint density at radius 3 is 2.34 bits per heavy atom. The van der Waals surface area contributed by atoms with Crippen molar-refractivity contribution in [2.45, 2.75) is 19.1 Å². The SMILES string of the molecule is CCOC(Cc1ccccc1)(C(=O)Nc1ccccc1)n1nnc2ccccc21. The lowest BCUT2D eigenvalue weighted by Crippen LogP contribution is -2.50. The molecule has 1 N–H and O–H groups in total. The van der Waals surface area contributed by atoms with Crippen LogP contribution in [0.3, 0.4) is 0 Å². The van der Waals surface area contributed by atoms with Gasteiger partial charge in [0.25, 0.3) is 5.91 Å². The Morgan fingerprint density at radius 1 is 0.966 bits per heavy atom. The van der Waals surface area contributed by atoms with Crippen molar-refractivity contribution >= 4 is 22.6 Å². The van der Waals surface area contributed by atoms with Gasteiger partial charge in [0, 0.05) is 18.7 Å². The summed E-state index contributed by atoms with van der Waals surface area (Å²) in [6, 6.07) is 26.7. The van der Waals surface area contributed by atoms with Gasteiger partial charge in [-0.05, 0) is 36.8 Å². The Bertz CT molecular complexity index is 1100. The third-order valence-corrected chi connectivity index (χ3v) is 4.75. The van der Waals surface area contributed by atoms with Crippen LogP contribution in [0, 0.1) is 0 Å². The molecule has 1 amide bonds. The van der Waals surface area contributed by atoms with Crippen molar-refractivity contribution in [1.29, 1.82) is 0 Å². The predicted molar refractivity (Wildman–Crippen MR) is 112 cm³/mol. The van der Waals surface area contributed by atoms with E-state index in [4.69, 9.17) is 4.74 Å². The molecule has 0 spiro atoms. The first-order chi connectivity index (χ1) is 14.2. The zero-order valence-corrected chi connectivity index (χ0v) is 16.2. The van der Waals surface area contributed by atoms with Gasteiger partial charge in [-0.1, -0.05) is 65.9 Å². The summed E-state index contributed by atoms with van der Waals surface area (Å²) in [6.07, 6.45) is 0.313. The van der Waals surface area contributed by atoms with Crippen molar-refractivity contribution in [1.82, 2.24) is 15.0 Å². The number of amides is 1. The molecule has 6 nitrogen and oxygen atoms in total. The van der Waals surface area contributed by atoms with Crippen molar-refractivity contribution in [2.24, 2.45) is 0 Å². The van der Waals surface area contributed by atoms with Crippen LogP contribution >= 0.6 is 0 Å². The van der Waals surface area contributed by atoms with E-state index in [1.165, 1.54) is 0 Å². The van der Waals surface area contributed by atoms with E-state index in [0.717, 1.165) is 11.1 Å². The highest BCUT2D eigenvalue weighted by atomic mass is 16.5. The summed E-state index contributed by atoms with van der Waals surface area (Å²) < 4.78 is 7.76. The smallest absolute Gasteiger partial charge is 0.280 e. The fourth-order valence-corrected chi connectivity index (χ4v) is 3.43. The molecule has 1 heterocycles. The Balaban J connectivity index is 1.85. The molecule has 0 bridgehead atoms. The van der Waals surface area contributed by atoms with Gasteiger partial charge in [0.1, 0.15) is 5.52 Å². The number of para-hydroxylation sites is 2. The van der Waals surface area contributed by atoms with E-state index in [2.05, 4.69) is 15.6 Å². The number of fused-ring (bicyclic) bond motifs is 1. The first-order valence-electron chi connectivity index (χ1n) is 9.58. The average molecular weight is 386 g/mol. The van der Waals surface area contributed by atoms with Crippen molar-refractivity contribution in [3.8, 4) is 0 Å². The number of aromatic nitrogens is 3. The van der Waals surface area contributed by atoms with E-state index in [0.29, 0.717) is 24.2 Å². The molecule has 3 aromatic carbocycles. The third kappa shape index (κ3) is 3.75. The molecule has 6 heteroatoms. The van der Waals surface area contributed by atoms with Crippen molar-refractivity contribution in [2.75, 3.05) is 11.9 Å². The van der Waals surface area contributed by atoms with E-state index < -0.39 is 5.72 Å². The highest BCUT2D eigenvalue weighted by Crippen LogP contribution is 2.29. The summed E-state index contributed by atoms with van der Waals surface area (Å²) in [7, 11) is 0. The second-order valence-electron chi connectivity index (χ2n) is 6.69. The van der Waals surface area contributed by atoms with Crippen LogP contribution in [0.4, 0.5) is 5.69 Å². The first kappa shape index (κ1) is 18.8. The minimum atomic E-state index is -1.39. The van der Waals surface area contributed by atoms with Crippen LogP contribution in [0.1, 0.15) is 12.5 Å². The molecule has 4 aromatic rings. The van der Waals surface area contributed by atoms with Gasteiger partial charge in [-0.2, -0.15) is 0 Å². The normalized spacial score (nSPS) is 13.1. The van der Waals surface area contributed by atoms with Crippen LogP contribution in [0.25, 0.3) is 11.0 Å². The topological polar surface area (TPSA) is 69.0 Å². The zero-order valence-electron chi connectivity index (χ0n) is 16.2. The summed E-state index contributed by atoms with van der Waals surface area (Å²) in [6.45, 7) is 2.21. The van der Waals surface area contributed by atoms with E-state index in [1.54, 1.807) is 4.68 Å². The number of hydrogen-bond donors (Lipinski definition) is 1. The maximum Gasteiger partial charge on any atom is 0.280 e. The molecule has 0 saturated heterocycles. The van der Waals surface area contributed by atoms with Crippen LogP contribution < -0.4 is 5.32 Å². The molecule has 29 heavy (non-hydrogen) atoms. The number of rotatable bonds is 7. The zero-order chi connectivity index (χ0) is 20.1. The summed E-state index contributed by atoms with van der Waals surface area (Å²) >= 11 is 0. The lowest BCUT2D eigenvalue weighted by atomic mass is 10.0. The fraction of sp³-hybridized carbons (Fsp3) is 0.174. The number of benzene rings is 3. The first-order valence-corrected chi connectivity index (χ1v) is 9.58. The van der Waals surface area contributed by atoms with Crippen LogP contribution in [0.2, 0.25) is 0 Å². The van der Waals surface area contributed by atoms with Gasteiger partial charge >= 0.3 is 0 Å². The Labute approximate surface area is 169 Å². The van der Waals surface area contributed by atoms with Gasteiger partial charge in [0.05, 0.1) is 5.52 Å². The molecular weight excluding hydrogens is 364 g/mol. The minimum Gasteiger partial charge on any atom is -0.346 e. The van der Waals surface area contributed by atoms with Gasteiger partial charge in [-0.25, -0.2) is 4.68 Å². The molecule has 0 radical (unpaired) electrons. The summed E-state index contributed by atoms with van der Waals surface area (Å²) in [5.41, 5.74) is 1.71. The Hall–Kier alpha value is -3.51. The van der Waals surface area contributed by atoms with E-state index in [-0.39, 0.29) is 5.91 Å². The molecule has 0 aliphatic rings. The van der Waals surface area contributed by atoms with Crippen molar-refractivity contribution in [3.63, 3.8) is 0 Å². The maximum atomic E-state index is 13.6. The monoisotopic (exact) mass is 386 g/mol. The third-order valence-electron chi connectivity index (χ3n) is 4.75. The fourth-order valence-electron chi connectivity index (χ4n) is 3.43. The minimum absolute atomic E-state index is 0.301. The number of carbonyl (C=O) groups is 1. The standard InChI is InChI=1S/C23H22N4O2/c1-2-29-23(17-18-11-5-3-6-12-18,22(28)24-19-13-7-4-8-14-19)27-21-16-10-9-15-20(21)25-26-27/h3-16H,2,17H2,1H3,(H,24,28). The molecule has 146 valence electrons. The number of nitrogens with zero attached hydrogens (tertiary/aromatic N) is 3. The van der Waals surface area contributed by atoms with E-state index in [1.807, 2.05) is 91.9 Å². The summed E-state index contributed by atoms with van der Waals surface area (Å²) in [5.74, 6) is -0.301. The van der Waals surface area contributed by atoms with Gasteiger partial charge in [0.2, 0.25) is 5.72 Å². The number of ether oxygens (including phenoxy) is 1. The summed E-state index contributed by atoms with van der Waals surface area (Å²) in [4.78, 5) is 13.6. The quantitative estimate of drug-likeness (QED) is 0.521. The van der Waals surface area contributed by atoms with Crippen molar-refractivity contribution in [3.05, 3.63) is 90.5 Å². The van der Waals surface area contributed by atoms with Gasteiger partial charge in [-0.15, -0.1) is 5.10 Å². The molecule has 0 fully saturated rings. The molecule has 4 rings (SSSR count). The molecule has 0 aliphatic heterocycles. The highest BCUT2D eigenvalue weighted by Gasteiger charge is 2.44. The average Bonchev–Trinajstić information content (AvgIpc) is 3.19. The van der Waals surface area contributed by atoms with Crippen molar-refractivity contribution < 1.29 is 9.53 Å². The summed E-state index contributed by atoms with van der Waals surface area (Å²) in [5, 5.41) is 11.6. The highest BCUT2D eigenvalue weighted by molar-refractivity contribution is 5.96. The maximum absolute atomic E-state index is 13.6.